The summed E-state index contributed by atoms with van der Waals surface area (Å²) in [5.41, 5.74) is 0. The smallest absolute Gasteiger partial charge is 0.217 e. The van der Waals surface area contributed by atoms with Crippen molar-refractivity contribution in [3.05, 3.63) is 35.1 Å². The Bertz CT molecular complexity index is 411. The van der Waals surface area contributed by atoms with Crippen LogP contribution in [0.25, 0.3) is 5.95 Å². The van der Waals surface area contributed by atoms with Crippen molar-refractivity contribution in [2.45, 2.75) is 0 Å². The van der Waals surface area contributed by atoms with Gasteiger partial charge in [0.25, 0.3) is 5.95 Å². The van der Waals surface area contributed by atoms with Crippen molar-refractivity contribution >= 4 is 15.9 Å². The molecule has 0 aliphatic rings. The molecular formula is C7H4BrFN4. The Morgan fingerprint density at radius 3 is 2.46 bits per heavy atom. The highest BCUT2D eigenvalue weighted by Crippen LogP contribution is 2.08. The molecule has 0 saturated carbocycles. The molecule has 2 rings (SSSR count). The van der Waals surface area contributed by atoms with Gasteiger partial charge in [-0.05, 0) is 15.9 Å². The topological polar surface area (TPSA) is 43.6 Å². The van der Waals surface area contributed by atoms with Gasteiger partial charge < -0.3 is 0 Å². The number of nitrogens with zero attached hydrogens (tertiary/aromatic N) is 4. The number of aromatic nitrogens is 4. The van der Waals surface area contributed by atoms with Gasteiger partial charge in [0, 0.05) is 6.20 Å². The Balaban J connectivity index is 2.41. The van der Waals surface area contributed by atoms with Gasteiger partial charge >= 0.3 is 0 Å². The van der Waals surface area contributed by atoms with E-state index in [0.717, 1.165) is 16.9 Å². The van der Waals surface area contributed by atoms with Gasteiger partial charge in [-0.3, -0.25) is 0 Å². The van der Waals surface area contributed by atoms with Crippen molar-refractivity contribution in [2.75, 3.05) is 0 Å². The SMILES string of the molecule is Fc1cnc(-n2cc(Br)cn2)nc1. The van der Waals surface area contributed by atoms with Gasteiger partial charge in [0.1, 0.15) is 0 Å². The third kappa shape index (κ3) is 1.72. The first-order chi connectivity index (χ1) is 6.25. The van der Waals surface area contributed by atoms with E-state index < -0.39 is 5.82 Å². The highest BCUT2D eigenvalue weighted by atomic mass is 79.9. The van der Waals surface area contributed by atoms with Crippen LogP contribution in [-0.4, -0.2) is 19.7 Å². The monoisotopic (exact) mass is 242 g/mol. The van der Waals surface area contributed by atoms with E-state index in [1.165, 1.54) is 4.68 Å². The van der Waals surface area contributed by atoms with Crippen molar-refractivity contribution in [3.63, 3.8) is 0 Å². The molecule has 0 aromatic carbocycles. The number of rotatable bonds is 1. The molecule has 13 heavy (non-hydrogen) atoms. The minimum absolute atomic E-state index is 0.340. The van der Waals surface area contributed by atoms with E-state index in [0.29, 0.717) is 5.95 Å². The summed E-state index contributed by atoms with van der Waals surface area (Å²) in [4.78, 5) is 7.51. The first-order valence-corrected chi connectivity index (χ1v) is 4.23. The van der Waals surface area contributed by atoms with Crippen LogP contribution in [0, 0.1) is 5.82 Å². The molecule has 2 heterocycles. The van der Waals surface area contributed by atoms with Crippen LogP contribution in [0.1, 0.15) is 0 Å². The van der Waals surface area contributed by atoms with Gasteiger partial charge in [0.05, 0.1) is 23.1 Å². The fourth-order valence-corrected chi connectivity index (χ4v) is 1.12. The van der Waals surface area contributed by atoms with Gasteiger partial charge in [-0.2, -0.15) is 5.10 Å². The summed E-state index contributed by atoms with van der Waals surface area (Å²) >= 11 is 3.23. The summed E-state index contributed by atoms with van der Waals surface area (Å²) < 4.78 is 14.7. The van der Waals surface area contributed by atoms with E-state index in [4.69, 9.17) is 0 Å². The molecule has 6 heteroatoms. The standard InChI is InChI=1S/C7H4BrFN4/c8-5-1-12-13(4-5)7-10-2-6(9)3-11-7/h1-4H. The molecule has 0 radical (unpaired) electrons. The molecule has 0 saturated heterocycles. The van der Waals surface area contributed by atoms with Crippen molar-refractivity contribution in [2.24, 2.45) is 0 Å². The summed E-state index contributed by atoms with van der Waals surface area (Å²) in [6.07, 6.45) is 5.48. The van der Waals surface area contributed by atoms with E-state index in [9.17, 15) is 4.39 Å². The van der Waals surface area contributed by atoms with E-state index >= 15 is 0 Å². The highest BCUT2D eigenvalue weighted by Gasteiger charge is 2.01. The Labute approximate surface area is 81.6 Å². The largest absolute Gasteiger partial charge is 0.250 e. The normalized spacial score (nSPS) is 10.3. The lowest BCUT2D eigenvalue weighted by molar-refractivity contribution is 0.608. The summed E-state index contributed by atoms with van der Waals surface area (Å²) in [5.74, 6) is -0.123. The maximum atomic E-state index is 12.4. The van der Waals surface area contributed by atoms with Crippen LogP contribution in [0.5, 0.6) is 0 Å². The number of halogens is 2. The van der Waals surface area contributed by atoms with Crippen LogP contribution in [-0.2, 0) is 0 Å². The van der Waals surface area contributed by atoms with Crippen molar-refractivity contribution < 1.29 is 4.39 Å². The van der Waals surface area contributed by atoms with E-state index in [2.05, 4.69) is 31.0 Å². The molecule has 0 bridgehead atoms. The average molecular weight is 243 g/mol. The van der Waals surface area contributed by atoms with Gasteiger partial charge in [-0.15, -0.1) is 0 Å². The Hall–Kier alpha value is -1.30. The fraction of sp³-hybridized carbons (Fsp3) is 0. The minimum Gasteiger partial charge on any atom is -0.217 e. The Morgan fingerprint density at radius 1 is 1.23 bits per heavy atom. The first kappa shape index (κ1) is 8.31. The van der Waals surface area contributed by atoms with Crippen molar-refractivity contribution in [3.8, 4) is 5.95 Å². The molecule has 2 aromatic rings. The lowest BCUT2D eigenvalue weighted by Crippen LogP contribution is -2.00. The second-order valence-corrected chi connectivity index (χ2v) is 3.22. The maximum Gasteiger partial charge on any atom is 0.250 e. The van der Waals surface area contributed by atoms with Crippen LogP contribution in [0.4, 0.5) is 4.39 Å². The Kier molecular flexibility index (Phi) is 2.05. The number of hydrogen-bond acceptors (Lipinski definition) is 3. The zero-order valence-electron chi connectivity index (χ0n) is 6.35. The lowest BCUT2D eigenvalue weighted by atomic mass is 10.6. The van der Waals surface area contributed by atoms with E-state index in [1.54, 1.807) is 12.4 Å². The third-order valence-corrected chi connectivity index (χ3v) is 1.77. The quantitative estimate of drug-likeness (QED) is 0.763. The molecule has 0 spiro atoms. The zero-order valence-corrected chi connectivity index (χ0v) is 7.94. The molecule has 4 nitrogen and oxygen atoms in total. The minimum atomic E-state index is -0.463. The molecule has 0 amide bonds. The first-order valence-electron chi connectivity index (χ1n) is 3.44. The molecule has 0 aliphatic heterocycles. The second kappa shape index (κ2) is 3.21. The summed E-state index contributed by atoms with van der Waals surface area (Å²) in [6.45, 7) is 0. The predicted molar refractivity (Wildman–Crippen MR) is 46.8 cm³/mol. The van der Waals surface area contributed by atoms with Gasteiger partial charge in [-0.25, -0.2) is 19.0 Å². The highest BCUT2D eigenvalue weighted by molar-refractivity contribution is 9.10. The van der Waals surface area contributed by atoms with Crippen LogP contribution in [0.3, 0.4) is 0 Å². The van der Waals surface area contributed by atoms with Crippen LogP contribution >= 0.6 is 15.9 Å². The number of hydrogen-bond donors (Lipinski definition) is 0. The van der Waals surface area contributed by atoms with Crippen molar-refractivity contribution in [1.29, 1.82) is 0 Å². The average Bonchev–Trinajstić information content (AvgIpc) is 2.53. The molecule has 0 fully saturated rings. The maximum absolute atomic E-state index is 12.4. The second-order valence-electron chi connectivity index (χ2n) is 2.30. The van der Waals surface area contributed by atoms with E-state index in [1.807, 2.05) is 0 Å². The fourth-order valence-electron chi connectivity index (χ4n) is 0.834. The predicted octanol–water partition coefficient (Wildman–Crippen LogP) is 1.56. The molecule has 66 valence electrons. The summed E-state index contributed by atoms with van der Waals surface area (Å²) in [7, 11) is 0. The zero-order chi connectivity index (χ0) is 9.26. The van der Waals surface area contributed by atoms with Crippen LogP contribution in [0.2, 0.25) is 0 Å². The van der Waals surface area contributed by atoms with Gasteiger partial charge in [-0.1, -0.05) is 0 Å². The van der Waals surface area contributed by atoms with Crippen molar-refractivity contribution in [1.82, 2.24) is 19.7 Å². The molecule has 0 N–H and O–H groups in total. The van der Waals surface area contributed by atoms with Gasteiger partial charge in [0.2, 0.25) is 0 Å². The molecular weight excluding hydrogens is 239 g/mol. The van der Waals surface area contributed by atoms with Crippen LogP contribution < -0.4 is 0 Å². The molecule has 2 aromatic heterocycles. The van der Waals surface area contributed by atoms with Gasteiger partial charge in [0.15, 0.2) is 5.82 Å². The molecule has 0 atom stereocenters. The lowest BCUT2D eigenvalue weighted by Gasteiger charge is -1.96. The summed E-state index contributed by atoms with van der Waals surface area (Å²) in [6, 6.07) is 0. The third-order valence-electron chi connectivity index (χ3n) is 1.36. The summed E-state index contributed by atoms with van der Waals surface area (Å²) in [5, 5.41) is 3.94. The molecule has 0 aliphatic carbocycles. The Morgan fingerprint density at radius 2 is 1.92 bits per heavy atom. The van der Waals surface area contributed by atoms with Crippen LogP contribution in [0.15, 0.2) is 29.3 Å². The molecule has 0 unspecified atom stereocenters. The van der Waals surface area contributed by atoms with E-state index in [-0.39, 0.29) is 0 Å².